The van der Waals surface area contributed by atoms with Gasteiger partial charge in [0.2, 0.25) is 0 Å². The lowest BCUT2D eigenvalue weighted by Crippen LogP contribution is -2.42. The molecule has 2 aromatic rings. The van der Waals surface area contributed by atoms with Crippen molar-refractivity contribution in [2.75, 3.05) is 26.2 Å². The lowest BCUT2D eigenvalue weighted by Gasteiger charge is -2.29. The zero-order chi connectivity index (χ0) is 20.5. The highest BCUT2D eigenvalue weighted by Crippen LogP contribution is 2.24. The van der Waals surface area contributed by atoms with Crippen molar-refractivity contribution < 1.29 is 4.92 Å². The number of benzene rings is 2. The van der Waals surface area contributed by atoms with Gasteiger partial charge >= 0.3 is 0 Å². The van der Waals surface area contributed by atoms with Crippen LogP contribution in [-0.2, 0) is 6.54 Å². The van der Waals surface area contributed by atoms with E-state index in [4.69, 9.17) is 0 Å². The summed E-state index contributed by atoms with van der Waals surface area (Å²) in [4.78, 5) is 18.0. The van der Waals surface area contributed by atoms with Crippen LogP contribution >= 0.6 is 24.0 Å². The molecule has 8 heteroatoms. The second-order valence-corrected chi connectivity index (χ2v) is 7.13. The van der Waals surface area contributed by atoms with Crippen molar-refractivity contribution in [2.45, 2.75) is 32.4 Å². The van der Waals surface area contributed by atoms with Crippen molar-refractivity contribution in [3.8, 4) is 0 Å². The van der Waals surface area contributed by atoms with Crippen molar-refractivity contribution in [3.05, 3.63) is 75.8 Å². The quantitative estimate of drug-likeness (QED) is 0.179. The highest BCUT2D eigenvalue weighted by Gasteiger charge is 2.23. The summed E-state index contributed by atoms with van der Waals surface area (Å²) in [5.41, 5.74) is 2.00. The number of hydrogen-bond acceptors (Lipinski definition) is 4. The summed E-state index contributed by atoms with van der Waals surface area (Å²) in [5, 5.41) is 17.9. The van der Waals surface area contributed by atoms with Crippen LogP contribution in [0.2, 0.25) is 0 Å². The number of rotatable bonds is 8. The predicted molar refractivity (Wildman–Crippen MR) is 131 cm³/mol. The summed E-state index contributed by atoms with van der Waals surface area (Å²) in [7, 11) is 0. The van der Waals surface area contributed by atoms with E-state index in [1.54, 1.807) is 18.2 Å². The van der Waals surface area contributed by atoms with Crippen molar-refractivity contribution >= 4 is 35.6 Å². The monoisotopic (exact) mass is 523 g/mol. The van der Waals surface area contributed by atoms with Gasteiger partial charge in [0.05, 0.1) is 23.1 Å². The van der Waals surface area contributed by atoms with Crippen molar-refractivity contribution in [3.63, 3.8) is 0 Å². The fourth-order valence-corrected chi connectivity index (χ4v) is 3.71. The Hall–Kier alpha value is -2.20. The Morgan fingerprint density at radius 1 is 1.10 bits per heavy atom. The van der Waals surface area contributed by atoms with E-state index in [1.165, 1.54) is 24.5 Å². The van der Waals surface area contributed by atoms with E-state index in [1.807, 2.05) is 13.0 Å². The first-order valence-corrected chi connectivity index (χ1v) is 10.2. The van der Waals surface area contributed by atoms with Crippen molar-refractivity contribution in [1.29, 1.82) is 0 Å². The zero-order valence-corrected chi connectivity index (χ0v) is 19.6. The highest BCUT2D eigenvalue weighted by molar-refractivity contribution is 14.0. The second-order valence-electron chi connectivity index (χ2n) is 7.13. The molecule has 0 radical (unpaired) electrons. The molecule has 1 saturated heterocycles. The van der Waals surface area contributed by atoms with Gasteiger partial charge in [0, 0.05) is 19.2 Å². The van der Waals surface area contributed by atoms with Crippen molar-refractivity contribution in [1.82, 2.24) is 15.5 Å². The number of nitrogens with zero attached hydrogens (tertiary/aromatic N) is 3. The minimum Gasteiger partial charge on any atom is -0.357 e. The molecule has 0 aromatic heterocycles. The molecule has 0 spiro atoms. The number of aliphatic imine (C=N–C) groups is 1. The van der Waals surface area contributed by atoms with Gasteiger partial charge in [-0.2, -0.15) is 0 Å². The SMILES string of the molecule is CCNC(=NCc1ccccc1[N+](=O)[O-])NCC(c1ccccc1)N1CCCC1.I. The maximum Gasteiger partial charge on any atom is 0.274 e. The fraction of sp³-hybridized carbons (Fsp3) is 0.409. The van der Waals surface area contributed by atoms with Crippen LogP contribution in [0.3, 0.4) is 0 Å². The molecule has 0 bridgehead atoms. The van der Waals surface area contributed by atoms with Gasteiger partial charge in [0.1, 0.15) is 0 Å². The maximum atomic E-state index is 11.2. The van der Waals surface area contributed by atoms with Gasteiger partial charge in [-0.25, -0.2) is 4.99 Å². The van der Waals surface area contributed by atoms with Crippen LogP contribution in [-0.4, -0.2) is 42.0 Å². The summed E-state index contributed by atoms with van der Waals surface area (Å²) in [6, 6.07) is 17.5. The summed E-state index contributed by atoms with van der Waals surface area (Å²) >= 11 is 0. The second kappa shape index (κ2) is 12.5. The Morgan fingerprint density at radius 3 is 2.43 bits per heavy atom. The molecule has 7 nitrogen and oxygen atoms in total. The van der Waals surface area contributed by atoms with Gasteiger partial charge in [-0.3, -0.25) is 15.0 Å². The Kier molecular flexibility index (Phi) is 10.0. The van der Waals surface area contributed by atoms with Gasteiger partial charge in [0.25, 0.3) is 5.69 Å². The average molecular weight is 523 g/mol. The van der Waals surface area contributed by atoms with E-state index in [0.717, 1.165) is 26.2 Å². The molecule has 1 unspecified atom stereocenters. The van der Waals surface area contributed by atoms with Gasteiger partial charge in [-0.05, 0) is 38.4 Å². The fourth-order valence-electron chi connectivity index (χ4n) is 3.71. The molecule has 1 heterocycles. The summed E-state index contributed by atoms with van der Waals surface area (Å²) in [6.45, 7) is 5.93. The van der Waals surface area contributed by atoms with Crippen LogP contribution in [0.25, 0.3) is 0 Å². The minimum atomic E-state index is -0.357. The molecule has 1 aliphatic heterocycles. The first-order valence-electron chi connectivity index (χ1n) is 10.2. The molecule has 0 saturated carbocycles. The number of hydrogen-bond donors (Lipinski definition) is 2. The van der Waals surface area contributed by atoms with Crippen LogP contribution in [0.15, 0.2) is 59.6 Å². The topological polar surface area (TPSA) is 82.8 Å². The lowest BCUT2D eigenvalue weighted by atomic mass is 10.1. The third-order valence-electron chi connectivity index (χ3n) is 5.17. The molecule has 1 fully saturated rings. The molecule has 0 aliphatic carbocycles. The van der Waals surface area contributed by atoms with Crippen molar-refractivity contribution in [2.24, 2.45) is 4.99 Å². The minimum absolute atomic E-state index is 0. The molecular weight excluding hydrogens is 493 g/mol. The average Bonchev–Trinajstić information content (AvgIpc) is 3.27. The Labute approximate surface area is 195 Å². The Morgan fingerprint density at radius 2 is 1.77 bits per heavy atom. The number of nitro groups is 1. The number of guanidine groups is 1. The predicted octanol–water partition coefficient (Wildman–Crippen LogP) is 4.11. The van der Waals surface area contributed by atoms with Crippen LogP contribution in [0, 0.1) is 10.1 Å². The molecule has 162 valence electrons. The van der Waals surface area contributed by atoms with E-state index < -0.39 is 0 Å². The van der Waals surface area contributed by atoms with E-state index in [2.05, 4.69) is 44.8 Å². The molecule has 30 heavy (non-hydrogen) atoms. The normalized spacial score (nSPS) is 15.3. The molecule has 1 atom stereocenters. The third kappa shape index (κ3) is 6.66. The third-order valence-corrected chi connectivity index (χ3v) is 5.17. The number of likely N-dealkylation sites (tertiary alicyclic amines) is 1. The van der Waals surface area contributed by atoms with E-state index in [-0.39, 0.29) is 47.2 Å². The summed E-state index contributed by atoms with van der Waals surface area (Å²) < 4.78 is 0. The number of halogens is 1. The number of nitro benzene ring substituents is 1. The molecule has 2 aromatic carbocycles. The first kappa shape index (κ1) is 24.1. The molecule has 3 rings (SSSR count). The van der Waals surface area contributed by atoms with E-state index >= 15 is 0 Å². The zero-order valence-electron chi connectivity index (χ0n) is 17.3. The van der Waals surface area contributed by atoms with Gasteiger partial charge in [-0.15, -0.1) is 24.0 Å². The first-order chi connectivity index (χ1) is 14.2. The number of nitrogens with one attached hydrogen (secondary N) is 2. The van der Waals surface area contributed by atoms with Crippen LogP contribution in [0.5, 0.6) is 0 Å². The summed E-state index contributed by atoms with van der Waals surface area (Å²) in [5.74, 6) is 0.672. The largest absolute Gasteiger partial charge is 0.357 e. The Bertz CT molecular complexity index is 825. The molecule has 2 N–H and O–H groups in total. The molecule has 1 aliphatic rings. The van der Waals surface area contributed by atoms with Crippen LogP contribution in [0.1, 0.15) is 36.9 Å². The molecular formula is C22H30IN5O2. The summed E-state index contributed by atoms with van der Waals surface area (Å²) in [6.07, 6.45) is 2.46. The lowest BCUT2D eigenvalue weighted by molar-refractivity contribution is -0.385. The van der Waals surface area contributed by atoms with Crippen LogP contribution < -0.4 is 10.6 Å². The van der Waals surface area contributed by atoms with E-state index in [9.17, 15) is 10.1 Å². The number of para-hydroxylation sites is 1. The van der Waals surface area contributed by atoms with Gasteiger partial charge in [-0.1, -0.05) is 48.5 Å². The van der Waals surface area contributed by atoms with Gasteiger partial charge in [0.15, 0.2) is 5.96 Å². The van der Waals surface area contributed by atoms with E-state index in [0.29, 0.717) is 11.5 Å². The molecule has 0 amide bonds. The highest BCUT2D eigenvalue weighted by atomic mass is 127. The van der Waals surface area contributed by atoms with Gasteiger partial charge < -0.3 is 10.6 Å². The van der Waals surface area contributed by atoms with Crippen LogP contribution in [0.4, 0.5) is 5.69 Å². The maximum absolute atomic E-state index is 11.2. The Balaban J connectivity index is 0.00000320. The standard InChI is InChI=1S/C22H29N5O2.HI/c1-2-23-22(24-16-19-12-6-7-13-20(19)27(28)29)25-17-21(26-14-8-9-15-26)18-10-4-3-5-11-18;/h3-7,10-13,21H,2,8-9,14-17H2,1H3,(H2,23,24,25);1H. The smallest absolute Gasteiger partial charge is 0.274 e.